The third-order valence-corrected chi connectivity index (χ3v) is 6.66. The molecule has 22 heavy (non-hydrogen) atoms. The number of rotatable bonds is 2. The van der Waals surface area contributed by atoms with Gasteiger partial charge in [-0.25, -0.2) is 4.39 Å². The van der Waals surface area contributed by atoms with Gasteiger partial charge in [-0.2, -0.15) is 13.2 Å². The first-order valence-electron chi connectivity index (χ1n) is 7.07. The number of Topliss-reactive ketones (excluding diaryl/α,β-unsaturated/α-hetero) is 1. The molecule has 0 N–H and O–H groups in total. The maximum Gasteiger partial charge on any atom is 0.419 e. The van der Waals surface area contributed by atoms with E-state index in [2.05, 4.69) is 0 Å². The molecular formula is C15H14F4O2S. The molecule has 2 aliphatic heterocycles. The predicted octanol–water partition coefficient (Wildman–Crippen LogP) is 3.72. The van der Waals surface area contributed by atoms with Crippen molar-refractivity contribution in [3.63, 3.8) is 0 Å². The van der Waals surface area contributed by atoms with Crippen LogP contribution in [0.4, 0.5) is 17.6 Å². The van der Waals surface area contributed by atoms with Crippen LogP contribution in [-0.2, 0) is 17.0 Å². The number of ketones is 1. The van der Waals surface area contributed by atoms with Crippen LogP contribution in [0.15, 0.2) is 18.2 Å². The van der Waals surface area contributed by atoms with Crippen molar-refractivity contribution in [2.75, 3.05) is 0 Å². The number of carbonyl (C=O) groups excluding carboxylic acids is 1. The first-order chi connectivity index (χ1) is 10.3. The average Bonchev–Trinajstić information content (AvgIpc) is 2.67. The molecule has 7 heteroatoms. The van der Waals surface area contributed by atoms with Gasteiger partial charge in [0.1, 0.15) is 5.82 Å². The number of alkyl halides is 3. The molecular weight excluding hydrogens is 320 g/mol. The molecule has 0 saturated carbocycles. The number of hydrogen-bond acceptors (Lipinski definition) is 2. The molecule has 1 aromatic rings. The normalized spacial score (nSPS) is 31.3. The third kappa shape index (κ3) is 2.71. The highest BCUT2D eigenvalue weighted by molar-refractivity contribution is 7.86. The Morgan fingerprint density at radius 3 is 2.27 bits per heavy atom. The second kappa shape index (κ2) is 5.44. The zero-order chi connectivity index (χ0) is 16.1. The van der Waals surface area contributed by atoms with E-state index in [0.29, 0.717) is 25.0 Å². The van der Waals surface area contributed by atoms with Gasteiger partial charge in [-0.15, -0.1) is 0 Å². The molecule has 2 atom stereocenters. The quantitative estimate of drug-likeness (QED) is 0.610. The summed E-state index contributed by atoms with van der Waals surface area (Å²) in [5.41, 5.74) is -1.54. The topological polar surface area (TPSA) is 34.1 Å². The molecule has 2 saturated heterocycles. The van der Waals surface area contributed by atoms with Crippen molar-refractivity contribution in [2.45, 2.75) is 42.4 Å². The smallest absolute Gasteiger partial charge is 0.294 e. The van der Waals surface area contributed by atoms with Gasteiger partial charge in [-0.3, -0.25) is 9.00 Å². The summed E-state index contributed by atoms with van der Waals surface area (Å²) in [5, 5.41) is -0.0644. The van der Waals surface area contributed by atoms with Crippen molar-refractivity contribution in [1.82, 2.24) is 0 Å². The van der Waals surface area contributed by atoms with Gasteiger partial charge in [0.2, 0.25) is 0 Å². The van der Waals surface area contributed by atoms with Crippen molar-refractivity contribution in [2.24, 2.45) is 5.92 Å². The Bertz CT molecular complexity index is 625. The Kier molecular flexibility index (Phi) is 3.87. The molecule has 0 radical (unpaired) electrons. The minimum Gasteiger partial charge on any atom is -0.294 e. The maximum absolute atomic E-state index is 13.3. The molecule has 2 aliphatic rings. The zero-order valence-corrected chi connectivity index (χ0v) is 12.3. The summed E-state index contributed by atoms with van der Waals surface area (Å²) in [5.74, 6) is -2.20. The van der Waals surface area contributed by atoms with Gasteiger partial charge in [0.25, 0.3) is 0 Å². The molecule has 2 nitrogen and oxygen atoms in total. The molecule has 120 valence electrons. The molecule has 2 heterocycles. The van der Waals surface area contributed by atoms with Gasteiger partial charge >= 0.3 is 6.18 Å². The van der Waals surface area contributed by atoms with Crippen LogP contribution in [0, 0.1) is 11.7 Å². The fourth-order valence-corrected chi connectivity index (χ4v) is 5.50. The second-order valence-corrected chi connectivity index (χ2v) is 7.87. The summed E-state index contributed by atoms with van der Waals surface area (Å²) in [4.78, 5) is 12.4. The van der Waals surface area contributed by atoms with Crippen molar-refractivity contribution in [3.8, 4) is 0 Å². The van der Waals surface area contributed by atoms with Gasteiger partial charge < -0.3 is 0 Å². The standard InChI is InChI=1S/C15H14F4O2S/c16-13-4-1-8(7-12(13)15(17,18)19)14(20)9-5-10-2-3-11(6-9)22(10)21/h1,4,7,9-11H,2-3,5-6H2. The molecule has 0 aromatic heterocycles. The highest BCUT2D eigenvalue weighted by Crippen LogP contribution is 2.40. The molecule has 0 amide bonds. The molecule has 1 aromatic carbocycles. The van der Waals surface area contributed by atoms with Gasteiger partial charge in [0, 0.05) is 32.8 Å². The average molecular weight is 334 g/mol. The summed E-state index contributed by atoms with van der Waals surface area (Å²) < 4.78 is 63.4. The highest BCUT2D eigenvalue weighted by atomic mass is 32.2. The lowest BCUT2D eigenvalue weighted by molar-refractivity contribution is -0.140. The molecule has 2 fully saturated rings. The van der Waals surface area contributed by atoms with Crippen molar-refractivity contribution in [3.05, 3.63) is 35.1 Å². The van der Waals surface area contributed by atoms with E-state index in [1.54, 1.807) is 0 Å². The second-order valence-electron chi connectivity index (χ2n) is 5.87. The fraction of sp³-hybridized carbons (Fsp3) is 0.533. The van der Waals surface area contributed by atoms with Crippen LogP contribution in [-0.4, -0.2) is 20.5 Å². The summed E-state index contributed by atoms with van der Waals surface area (Å²) in [6, 6.07) is 2.37. The van der Waals surface area contributed by atoms with E-state index >= 15 is 0 Å². The molecule has 2 unspecified atom stereocenters. The van der Waals surface area contributed by atoms with Crippen LogP contribution in [0.3, 0.4) is 0 Å². The van der Waals surface area contributed by atoms with E-state index in [4.69, 9.17) is 0 Å². The van der Waals surface area contributed by atoms with Crippen molar-refractivity contribution in [1.29, 1.82) is 0 Å². The summed E-state index contributed by atoms with van der Waals surface area (Å²) in [7, 11) is -0.927. The minimum atomic E-state index is -4.83. The van der Waals surface area contributed by atoms with Gasteiger partial charge in [0.05, 0.1) is 5.56 Å². The van der Waals surface area contributed by atoms with Crippen molar-refractivity contribution >= 4 is 16.6 Å². The van der Waals surface area contributed by atoms with E-state index < -0.39 is 40.1 Å². The Hall–Kier alpha value is -1.24. The minimum absolute atomic E-state index is 0.0322. The van der Waals surface area contributed by atoms with Gasteiger partial charge in [-0.05, 0) is 43.9 Å². The van der Waals surface area contributed by atoms with E-state index in [1.807, 2.05) is 0 Å². The molecule has 3 rings (SSSR count). The van der Waals surface area contributed by atoms with Crippen molar-refractivity contribution < 1.29 is 26.6 Å². The summed E-state index contributed by atoms with van der Waals surface area (Å²) in [6.07, 6.45) is -2.33. The van der Waals surface area contributed by atoms with E-state index in [0.717, 1.165) is 18.9 Å². The largest absolute Gasteiger partial charge is 0.419 e. The Morgan fingerprint density at radius 2 is 1.73 bits per heavy atom. The van der Waals surface area contributed by atoms with Crippen LogP contribution in [0.5, 0.6) is 0 Å². The Labute approximate surface area is 127 Å². The van der Waals surface area contributed by atoms with Gasteiger partial charge in [0.15, 0.2) is 5.78 Å². The number of fused-ring (bicyclic) bond motifs is 2. The first kappa shape index (κ1) is 15.6. The van der Waals surface area contributed by atoms with E-state index in [-0.39, 0.29) is 16.1 Å². The lowest BCUT2D eigenvalue weighted by Gasteiger charge is -2.26. The number of benzene rings is 1. The third-order valence-electron chi connectivity index (χ3n) is 4.49. The summed E-state index contributed by atoms with van der Waals surface area (Å²) >= 11 is 0. The lowest BCUT2D eigenvalue weighted by Crippen LogP contribution is -2.32. The first-order valence-corrected chi connectivity index (χ1v) is 8.35. The Balaban J connectivity index is 1.86. The SMILES string of the molecule is O=C(c1ccc(F)c(C(F)(F)F)c1)C1CC2CCC(C1)S2=O. The summed E-state index contributed by atoms with van der Waals surface area (Å²) in [6.45, 7) is 0. The molecule has 0 aliphatic carbocycles. The Morgan fingerprint density at radius 1 is 1.14 bits per heavy atom. The fourth-order valence-electron chi connectivity index (χ4n) is 3.38. The maximum atomic E-state index is 13.3. The zero-order valence-electron chi connectivity index (χ0n) is 11.5. The van der Waals surface area contributed by atoms with Crippen LogP contribution in [0.2, 0.25) is 0 Å². The number of hydrogen-bond donors (Lipinski definition) is 0. The number of carbonyl (C=O) groups is 1. The number of halogens is 4. The van der Waals surface area contributed by atoms with Crippen LogP contribution < -0.4 is 0 Å². The predicted molar refractivity (Wildman–Crippen MR) is 73.4 cm³/mol. The van der Waals surface area contributed by atoms with E-state index in [1.165, 1.54) is 0 Å². The van der Waals surface area contributed by atoms with E-state index in [9.17, 15) is 26.6 Å². The molecule has 2 bridgehead atoms. The lowest BCUT2D eigenvalue weighted by atomic mass is 9.89. The van der Waals surface area contributed by atoms with Crippen LogP contribution >= 0.6 is 0 Å². The van der Waals surface area contributed by atoms with Gasteiger partial charge in [-0.1, -0.05) is 0 Å². The van der Waals surface area contributed by atoms with Crippen LogP contribution in [0.25, 0.3) is 0 Å². The molecule has 0 spiro atoms. The monoisotopic (exact) mass is 334 g/mol. The van der Waals surface area contributed by atoms with Crippen LogP contribution in [0.1, 0.15) is 41.6 Å². The highest BCUT2D eigenvalue weighted by Gasteiger charge is 2.43.